The highest BCUT2D eigenvalue weighted by Gasteiger charge is 2.20. The summed E-state index contributed by atoms with van der Waals surface area (Å²) in [5.74, 6) is -0.129. The molecule has 1 aromatic carbocycles. The van der Waals surface area contributed by atoms with Crippen molar-refractivity contribution < 1.29 is 4.79 Å². The van der Waals surface area contributed by atoms with Crippen LogP contribution in [0.3, 0.4) is 0 Å². The molecule has 0 aliphatic rings. The van der Waals surface area contributed by atoms with E-state index >= 15 is 0 Å². The molecule has 0 N–H and O–H groups in total. The number of fused-ring (bicyclic) bond motifs is 1. The van der Waals surface area contributed by atoms with Gasteiger partial charge in [-0.05, 0) is 44.4 Å². The summed E-state index contributed by atoms with van der Waals surface area (Å²) >= 11 is 1.66. The van der Waals surface area contributed by atoms with E-state index in [2.05, 4.69) is 15.6 Å². The Labute approximate surface area is 182 Å². The van der Waals surface area contributed by atoms with Crippen LogP contribution in [-0.4, -0.2) is 35.3 Å². The highest BCUT2D eigenvalue weighted by atomic mass is 32.2. The molecule has 0 saturated carbocycles. The van der Waals surface area contributed by atoms with Crippen LogP contribution < -0.4 is 11.2 Å². The van der Waals surface area contributed by atoms with Gasteiger partial charge in [-0.2, -0.15) is 0 Å². The molecule has 0 unspecified atom stereocenters. The number of hydrogen-bond acceptors (Lipinski definition) is 5. The topological polar surface area (TPSA) is 83.8 Å². The molecular weight excluding hydrogens is 414 g/mol. The van der Waals surface area contributed by atoms with Gasteiger partial charge in [0.05, 0.1) is 12.9 Å². The van der Waals surface area contributed by atoms with Crippen molar-refractivity contribution >= 4 is 28.7 Å². The maximum absolute atomic E-state index is 13.2. The summed E-state index contributed by atoms with van der Waals surface area (Å²) in [7, 11) is 2.97. The molecule has 0 fully saturated rings. The highest BCUT2D eigenvalue weighted by molar-refractivity contribution is 7.98. The fourth-order valence-electron chi connectivity index (χ4n) is 3.95. The Balaban J connectivity index is 1.76. The van der Waals surface area contributed by atoms with Gasteiger partial charge >= 0.3 is 5.69 Å². The van der Waals surface area contributed by atoms with E-state index < -0.39 is 11.2 Å². The summed E-state index contributed by atoms with van der Waals surface area (Å²) in [5, 5.41) is 0. The number of thioether (sulfide) groups is 1. The molecule has 0 amide bonds. The molecule has 0 saturated heterocycles. The first-order valence-corrected chi connectivity index (χ1v) is 10.9. The molecule has 3 heterocycles. The minimum atomic E-state index is -0.470. The second-order valence-corrected chi connectivity index (χ2v) is 8.37. The molecule has 31 heavy (non-hydrogen) atoms. The summed E-state index contributed by atoms with van der Waals surface area (Å²) < 4.78 is 5.90. The van der Waals surface area contributed by atoms with E-state index in [1.54, 1.807) is 18.8 Å². The van der Waals surface area contributed by atoms with Gasteiger partial charge in [0.1, 0.15) is 0 Å². The van der Waals surface area contributed by atoms with E-state index in [1.165, 1.54) is 22.5 Å². The second-order valence-electron chi connectivity index (χ2n) is 7.50. The van der Waals surface area contributed by atoms with Crippen LogP contribution in [0, 0.1) is 13.8 Å². The lowest BCUT2D eigenvalue weighted by atomic mass is 10.1. The molecule has 4 aromatic rings. The number of benzene rings is 1. The number of nitrogens with zero attached hydrogens (tertiary/aromatic N) is 5. The van der Waals surface area contributed by atoms with Crippen LogP contribution in [0.15, 0.2) is 51.1 Å². The van der Waals surface area contributed by atoms with Crippen molar-refractivity contribution in [3.63, 3.8) is 0 Å². The number of ketones is 1. The van der Waals surface area contributed by atoms with Crippen LogP contribution in [0.25, 0.3) is 16.9 Å². The lowest BCUT2D eigenvalue weighted by Gasteiger charge is -2.11. The van der Waals surface area contributed by atoms with E-state index in [-0.39, 0.29) is 23.5 Å². The average molecular weight is 438 g/mol. The number of aryl methyl sites for hydroxylation is 2. The Morgan fingerprint density at radius 2 is 1.84 bits per heavy atom. The molecule has 0 spiro atoms. The number of imidazole rings is 1. The Hall–Kier alpha value is -3.33. The summed E-state index contributed by atoms with van der Waals surface area (Å²) in [6, 6.07) is 10.0. The predicted molar refractivity (Wildman–Crippen MR) is 122 cm³/mol. The van der Waals surface area contributed by atoms with E-state index in [1.807, 2.05) is 44.4 Å². The lowest BCUT2D eigenvalue weighted by molar-refractivity contribution is 0.0972. The number of rotatable bonds is 5. The van der Waals surface area contributed by atoms with Crippen molar-refractivity contribution in [3.8, 4) is 5.69 Å². The largest absolute Gasteiger partial charge is 0.332 e. The zero-order valence-corrected chi connectivity index (χ0v) is 18.9. The van der Waals surface area contributed by atoms with Crippen LogP contribution in [0.4, 0.5) is 0 Å². The molecule has 0 radical (unpaired) electrons. The van der Waals surface area contributed by atoms with Crippen molar-refractivity contribution in [2.75, 3.05) is 6.26 Å². The maximum Gasteiger partial charge on any atom is 0.332 e. The van der Waals surface area contributed by atoms with Crippen LogP contribution in [0.5, 0.6) is 0 Å². The van der Waals surface area contributed by atoms with E-state index in [4.69, 9.17) is 0 Å². The van der Waals surface area contributed by atoms with Gasteiger partial charge in [0, 0.05) is 41.6 Å². The molecule has 8 nitrogen and oxygen atoms in total. The first-order chi connectivity index (χ1) is 14.7. The van der Waals surface area contributed by atoms with E-state index in [0.717, 1.165) is 26.5 Å². The van der Waals surface area contributed by atoms with Crippen molar-refractivity contribution in [2.24, 2.45) is 14.1 Å². The van der Waals surface area contributed by atoms with Gasteiger partial charge in [-0.3, -0.25) is 18.7 Å². The van der Waals surface area contributed by atoms with E-state index in [0.29, 0.717) is 5.56 Å². The Morgan fingerprint density at radius 1 is 1.10 bits per heavy atom. The first-order valence-electron chi connectivity index (χ1n) is 9.72. The molecule has 0 bridgehead atoms. The third-order valence-corrected chi connectivity index (χ3v) is 6.30. The van der Waals surface area contributed by atoms with Gasteiger partial charge in [-0.1, -0.05) is 6.07 Å². The molecule has 0 atom stereocenters. The number of Topliss-reactive ketones (excluding diaryl/α,β-unsaturated/α-hetero) is 1. The average Bonchev–Trinajstić information content (AvgIpc) is 3.31. The Bertz CT molecular complexity index is 1450. The van der Waals surface area contributed by atoms with Gasteiger partial charge in [0.15, 0.2) is 16.9 Å². The fourth-order valence-corrected chi connectivity index (χ4v) is 4.40. The van der Waals surface area contributed by atoms with Gasteiger partial charge in [0.2, 0.25) is 0 Å². The summed E-state index contributed by atoms with van der Waals surface area (Å²) in [6.07, 6.45) is 3.46. The molecule has 160 valence electrons. The summed E-state index contributed by atoms with van der Waals surface area (Å²) in [4.78, 5) is 43.3. The molecule has 0 aliphatic carbocycles. The fraction of sp³-hybridized carbons (Fsp3) is 0.273. The SMILES string of the molecule is CSc1cccc(-n2c(C)cc(C(=O)Cn3cnc4c3c(=O)n(C)c(=O)n4C)c2C)c1. The molecule has 9 heteroatoms. The molecule has 0 aliphatic heterocycles. The minimum absolute atomic E-state index is 0.0426. The number of carbonyl (C=O) groups is 1. The zero-order valence-electron chi connectivity index (χ0n) is 18.0. The highest BCUT2D eigenvalue weighted by Crippen LogP contribution is 2.25. The van der Waals surface area contributed by atoms with Crippen molar-refractivity contribution in [1.82, 2.24) is 23.3 Å². The normalized spacial score (nSPS) is 11.4. The van der Waals surface area contributed by atoms with Gasteiger partial charge in [0.25, 0.3) is 5.56 Å². The first kappa shape index (κ1) is 20.9. The summed E-state index contributed by atoms with van der Waals surface area (Å²) in [6.45, 7) is 3.84. The number of aromatic nitrogens is 5. The zero-order chi connectivity index (χ0) is 22.4. The van der Waals surface area contributed by atoms with Crippen LogP contribution >= 0.6 is 11.8 Å². The van der Waals surface area contributed by atoms with E-state index in [9.17, 15) is 14.4 Å². The minimum Gasteiger partial charge on any atom is -0.318 e. The smallest absolute Gasteiger partial charge is 0.318 e. The van der Waals surface area contributed by atoms with Crippen molar-refractivity contribution in [2.45, 2.75) is 25.3 Å². The standard InChI is InChI=1S/C22H23N5O3S/c1-13-9-17(14(2)27(13)15-7-6-8-16(10-15)31-5)18(28)11-26-12-23-20-19(26)21(29)25(4)22(30)24(20)3/h6-10,12H,11H2,1-5H3. The number of hydrogen-bond donors (Lipinski definition) is 0. The maximum atomic E-state index is 13.2. The Morgan fingerprint density at radius 3 is 2.55 bits per heavy atom. The van der Waals surface area contributed by atoms with Crippen LogP contribution in [-0.2, 0) is 20.6 Å². The predicted octanol–water partition coefficient (Wildman–Crippen LogP) is 2.45. The van der Waals surface area contributed by atoms with Crippen molar-refractivity contribution in [1.29, 1.82) is 0 Å². The lowest BCUT2D eigenvalue weighted by Crippen LogP contribution is -2.37. The monoisotopic (exact) mass is 437 g/mol. The molecule has 3 aromatic heterocycles. The van der Waals surface area contributed by atoms with Crippen molar-refractivity contribution in [3.05, 3.63) is 74.4 Å². The molecular formula is C22H23N5O3S. The number of carbonyl (C=O) groups excluding carboxylic acids is 1. The molecule has 4 rings (SSSR count). The van der Waals surface area contributed by atoms with Gasteiger partial charge in [-0.25, -0.2) is 9.78 Å². The van der Waals surface area contributed by atoms with Gasteiger partial charge < -0.3 is 9.13 Å². The van der Waals surface area contributed by atoms with Crippen LogP contribution in [0.1, 0.15) is 21.7 Å². The third-order valence-electron chi connectivity index (χ3n) is 5.57. The van der Waals surface area contributed by atoms with Crippen LogP contribution in [0.2, 0.25) is 0 Å². The quantitative estimate of drug-likeness (QED) is 0.354. The van der Waals surface area contributed by atoms with Gasteiger partial charge in [-0.15, -0.1) is 11.8 Å². The third kappa shape index (κ3) is 3.34. The Kier molecular flexibility index (Phi) is 5.22. The summed E-state index contributed by atoms with van der Waals surface area (Å²) in [5.41, 5.74) is 2.96. The second kappa shape index (κ2) is 7.73.